The quantitative estimate of drug-likeness (QED) is 0.542. The average molecular weight is 417 g/mol. The van der Waals surface area contributed by atoms with E-state index in [0.29, 0.717) is 24.1 Å². The number of hydrogen-bond acceptors (Lipinski definition) is 6. The number of amides is 1. The van der Waals surface area contributed by atoms with Crippen molar-refractivity contribution in [2.45, 2.75) is 36.7 Å². The van der Waals surface area contributed by atoms with Crippen LogP contribution in [0, 0.1) is 11.8 Å². The molecule has 2 aromatic rings. The van der Waals surface area contributed by atoms with Gasteiger partial charge in [0.15, 0.2) is 0 Å². The second-order valence-corrected chi connectivity index (χ2v) is 9.35. The zero-order valence-corrected chi connectivity index (χ0v) is 18.4. The smallest absolute Gasteiger partial charge is 0.230 e. The van der Waals surface area contributed by atoms with Gasteiger partial charge in [0.2, 0.25) is 5.91 Å². The van der Waals surface area contributed by atoms with Gasteiger partial charge in [-0.25, -0.2) is 9.97 Å². The predicted octanol–water partition coefficient (Wildman–Crippen LogP) is 4.09. The third-order valence-electron chi connectivity index (χ3n) is 4.82. The van der Waals surface area contributed by atoms with Gasteiger partial charge in [-0.05, 0) is 42.2 Å². The van der Waals surface area contributed by atoms with Gasteiger partial charge in [-0.3, -0.25) is 4.79 Å². The number of carbonyl (C=O) groups excluding carboxylic acids is 1. The van der Waals surface area contributed by atoms with Crippen molar-refractivity contribution in [2.24, 2.45) is 11.8 Å². The van der Waals surface area contributed by atoms with Crippen LogP contribution in [0.25, 0.3) is 0 Å². The Morgan fingerprint density at radius 1 is 1.18 bits per heavy atom. The van der Waals surface area contributed by atoms with E-state index < -0.39 is 0 Å². The molecule has 1 aromatic heterocycles. The van der Waals surface area contributed by atoms with Gasteiger partial charge in [-0.15, -0.1) is 11.8 Å². The Balaban J connectivity index is 1.49. The molecule has 0 radical (unpaired) electrons. The molecule has 7 heteroatoms. The fourth-order valence-electron chi connectivity index (χ4n) is 3.57. The number of piperidine rings is 1. The number of carbonyl (C=O) groups is 1. The zero-order chi connectivity index (χ0) is 19.9. The summed E-state index contributed by atoms with van der Waals surface area (Å²) < 4.78 is 0. The summed E-state index contributed by atoms with van der Waals surface area (Å²) in [5, 5.41) is 3.82. The summed E-state index contributed by atoms with van der Waals surface area (Å²) in [6.07, 6.45) is 4.93. The van der Waals surface area contributed by atoms with Gasteiger partial charge < -0.3 is 10.2 Å². The summed E-state index contributed by atoms with van der Waals surface area (Å²) in [5.74, 6) is 2.67. The standard InChI is InChI=1S/C21H28N4OS2/c1-15-8-16(2)12-25(11-15)19-9-21(24-14-23-19)28-13-20(26)22-10-17-4-6-18(27-3)7-5-17/h4-7,9,14-16H,8,10-13H2,1-3H3,(H,22,26)/t15-,16-/m1/s1. The van der Waals surface area contributed by atoms with Crippen molar-refractivity contribution in [3.8, 4) is 0 Å². The molecule has 150 valence electrons. The van der Waals surface area contributed by atoms with Crippen molar-refractivity contribution < 1.29 is 4.79 Å². The second-order valence-electron chi connectivity index (χ2n) is 7.48. The summed E-state index contributed by atoms with van der Waals surface area (Å²) in [5.41, 5.74) is 1.11. The fraction of sp³-hybridized carbons (Fsp3) is 0.476. The molecule has 1 aliphatic heterocycles. The van der Waals surface area contributed by atoms with Crippen LogP contribution in [0.1, 0.15) is 25.8 Å². The third kappa shape index (κ3) is 6.14. The molecule has 1 fully saturated rings. The molecule has 1 saturated heterocycles. The van der Waals surface area contributed by atoms with Gasteiger partial charge in [-0.2, -0.15) is 0 Å². The molecule has 1 aromatic carbocycles. The maximum Gasteiger partial charge on any atom is 0.230 e. The highest BCUT2D eigenvalue weighted by molar-refractivity contribution is 7.99. The largest absolute Gasteiger partial charge is 0.356 e. The zero-order valence-electron chi connectivity index (χ0n) is 16.7. The van der Waals surface area contributed by atoms with E-state index >= 15 is 0 Å². The van der Waals surface area contributed by atoms with E-state index in [0.717, 1.165) is 29.5 Å². The van der Waals surface area contributed by atoms with E-state index in [-0.39, 0.29) is 5.91 Å². The normalized spacial score (nSPS) is 19.5. The van der Waals surface area contributed by atoms with E-state index in [4.69, 9.17) is 0 Å². The number of aromatic nitrogens is 2. The molecule has 0 saturated carbocycles. The van der Waals surface area contributed by atoms with Crippen molar-refractivity contribution in [1.29, 1.82) is 0 Å². The molecule has 1 aliphatic rings. The minimum absolute atomic E-state index is 0.0133. The first kappa shape index (κ1) is 21.0. The SMILES string of the molecule is CSc1ccc(CNC(=O)CSc2cc(N3C[C@H](C)C[C@@H](C)C3)ncn2)cc1. The Kier molecular flexibility index (Phi) is 7.62. The Bertz CT molecular complexity index is 774. The number of benzene rings is 1. The minimum atomic E-state index is 0.0133. The Labute approximate surface area is 176 Å². The second kappa shape index (κ2) is 10.2. The van der Waals surface area contributed by atoms with Crippen LogP contribution in [-0.2, 0) is 11.3 Å². The molecule has 1 amide bonds. The van der Waals surface area contributed by atoms with Crippen LogP contribution in [-0.4, -0.2) is 41.0 Å². The molecule has 5 nitrogen and oxygen atoms in total. The van der Waals surface area contributed by atoms with Gasteiger partial charge in [-0.1, -0.05) is 37.7 Å². The van der Waals surface area contributed by atoms with E-state index in [1.807, 2.05) is 6.07 Å². The van der Waals surface area contributed by atoms with Gasteiger partial charge in [0, 0.05) is 30.6 Å². The third-order valence-corrected chi connectivity index (χ3v) is 6.49. The lowest BCUT2D eigenvalue weighted by molar-refractivity contribution is -0.118. The Morgan fingerprint density at radius 2 is 1.89 bits per heavy atom. The Morgan fingerprint density at radius 3 is 2.57 bits per heavy atom. The number of thioether (sulfide) groups is 2. The molecule has 0 unspecified atom stereocenters. The summed E-state index contributed by atoms with van der Waals surface area (Å²) in [6.45, 7) is 7.19. The van der Waals surface area contributed by atoms with E-state index in [1.54, 1.807) is 18.1 Å². The van der Waals surface area contributed by atoms with Crippen LogP contribution >= 0.6 is 23.5 Å². The summed E-state index contributed by atoms with van der Waals surface area (Å²) in [6, 6.07) is 10.3. The fourth-order valence-corrected chi connectivity index (χ4v) is 4.67. The van der Waals surface area contributed by atoms with Crippen LogP contribution in [0.5, 0.6) is 0 Å². The maximum atomic E-state index is 12.2. The predicted molar refractivity (Wildman–Crippen MR) is 118 cm³/mol. The van der Waals surface area contributed by atoms with Crippen LogP contribution in [0.3, 0.4) is 0 Å². The number of nitrogens with one attached hydrogen (secondary N) is 1. The summed E-state index contributed by atoms with van der Waals surface area (Å²) >= 11 is 3.17. The molecule has 0 spiro atoms. The van der Waals surface area contributed by atoms with E-state index in [1.165, 1.54) is 23.1 Å². The average Bonchev–Trinajstić information content (AvgIpc) is 2.70. The molecular weight excluding hydrogens is 388 g/mol. The van der Waals surface area contributed by atoms with Crippen LogP contribution < -0.4 is 10.2 Å². The topological polar surface area (TPSA) is 58.1 Å². The van der Waals surface area contributed by atoms with Gasteiger partial charge in [0.25, 0.3) is 0 Å². The monoisotopic (exact) mass is 416 g/mol. The van der Waals surface area contributed by atoms with Crippen LogP contribution in [0.4, 0.5) is 5.82 Å². The van der Waals surface area contributed by atoms with Crippen molar-refractivity contribution >= 4 is 35.2 Å². The number of rotatable bonds is 7. The Hall–Kier alpha value is -1.73. The highest BCUT2D eigenvalue weighted by atomic mass is 32.2. The maximum absolute atomic E-state index is 12.2. The molecule has 2 atom stereocenters. The van der Waals surface area contributed by atoms with Crippen LogP contribution in [0.15, 0.2) is 46.6 Å². The lowest BCUT2D eigenvalue weighted by atomic mass is 9.92. The van der Waals surface area contributed by atoms with Gasteiger partial charge in [0.1, 0.15) is 17.2 Å². The molecule has 2 heterocycles. The van der Waals surface area contributed by atoms with E-state index in [9.17, 15) is 4.79 Å². The lowest BCUT2D eigenvalue weighted by Gasteiger charge is -2.35. The van der Waals surface area contributed by atoms with Gasteiger partial charge in [0.05, 0.1) is 5.75 Å². The highest BCUT2D eigenvalue weighted by Crippen LogP contribution is 2.26. The highest BCUT2D eigenvalue weighted by Gasteiger charge is 2.23. The first-order valence-corrected chi connectivity index (χ1v) is 11.8. The van der Waals surface area contributed by atoms with Gasteiger partial charge >= 0.3 is 0 Å². The molecule has 28 heavy (non-hydrogen) atoms. The molecule has 0 bridgehead atoms. The summed E-state index contributed by atoms with van der Waals surface area (Å²) in [7, 11) is 0. The van der Waals surface area contributed by atoms with Crippen molar-refractivity contribution in [3.05, 3.63) is 42.2 Å². The first-order valence-electron chi connectivity index (χ1n) is 9.63. The molecule has 3 rings (SSSR count). The van der Waals surface area contributed by atoms with Crippen molar-refractivity contribution in [3.63, 3.8) is 0 Å². The molecule has 1 N–H and O–H groups in total. The van der Waals surface area contributed by atoms with Crippen molar-refractivity contribution in [1.82, 2.24) is 15.3 Å². The molecule has 0 aliphatic carbocycles. The number of anilines is 1. The minimum Gasteiger partial charge on any atom is -0.356 e. The van der Waals surface area contributed by atoms with E-state index in [2.05, 4.69) is 64.6 Å². The lowest BCUT2D eigenvalue weighted by Crippen LogP contribution is -2.39. The first-order chi connectivity index (χ1) is 13.5. The number of hydrogen-bond donors (Lipinski definition) is 1. The van der Waals surface area contributed by atoms with Crippen molar-refractivity contribution in [2.75, 3.05) is 30.0 Å². The van der Waals surface area contributed by atoms with Crippen LogP contribution in [0.2, 0.25) is 0 Å². The molecular formula is C21H28N4OS2. The summed E-state index contributed by atoms with van der Waals surface area (Å²) in [4.78, 5) is 24.5. The number of nitrogens with zero attached hydrogens (tertiary/aromatic N) is 3.